The molecule has 8 heteroatoms. The summed E-state index contributed by atoms with van der Waals surface area (Å²) in [4.78, 5) is 29.8. The molecule has 0 spiro atoms. The fraction of sp³-hybridized carbons (Fsp3) is 0.692. The molecule has 34 heavy (non-hydrogen) atoms. The molecular formula is C26H37F3N2O3. The number of para-hydroxylation sites is 1. The molecule has 0 unspecified atom stereocenters. The lowest BCUT2D eigenvalue weighted by molar-refractivity contribution is -0.152. The van der Waals surface area contributed by atoms with Crippen LogP contribution < -0.4 is 4.74 Å². The molecule has 0 bridgehead atoms. The van der Waals surface area contributed by atoms with E-state index in [1.165, 1.54) is 0 Å². The number of halogens is 3. The van der Waals surface area contributed by atoms with Crippen LogP contribution in [0.4, 0.5) is 13.2 Å². The maximum atomic E-state index is 13.3. The zero-order valence-corrected chi connectivity index (χ0v) is 20.1. The normalized spacial score (nSPS) is 23.2. The van der Waals surface area contributed by atoms with Gasteiger partial charge in [0.25, 0.3) is 5.91 Å². The van der Waals surface area contributed by atoms with Crippen molar-refractivity contribution in [3.8, 4) is 5.75 Å². The Kier molecular flexibility index (Phi) is 9.65. The minimum Gasteiger partial charge on any atom is -0.487 e. The molecule has 2 aliphatic rings. The molecule has 5 nitrogen and oxygen atoms in total. The van der Waals surface area contributed by atoms with Crippen molar-refractivity contribution in [2.45, 2.75) is 95.9 Å². The second-order valence-corrected chi connectivity index (χ2v) is 9.36. The predicted molar refractivity (Wildman–Crippen MR) is 125 cm³/mol. The van der Waals surface area contributed by atoms with Crippen LogP contribution in [0.1, 0.15) is 87.9 Å². The molecule has 190 valence electrons. The summed E-state index contributed by atoms with van der Waals surface area (Å²) in [5.41, 5.74) is 0.499. The maximum Gasteiger partial charge on any atom is 0.389 e. The van der Waals surface area contributed by atoms with E-state index in [9.17, 15) is 22.8 Å². The van der Waals surface area contributed by atoms with Gasteiger partial charge in [-0.15, -0.1) is 0 Å². The van der Waals surface area contributed by atoms with Gasteiger partial charge in [0.2, 0.25) is 5.91 Å². The Morgan fingerprint density at radius 3 is 2.41 bits per heavy atom. The Morgan fingerprint density at radius 2 is 1.68 bits per heavy atom. The van der Waals surface area contributed by atoms with Gasteiger partial charge in [0.15, 0.2) is 0 Å². The van der Waals surface area contributed by atoms with Gasteiger partial charge in [-0.3, -0.25) is 9.59 Å². The van der Waals surface area contributed by atoms with E-state index in [0.717, 1.165) is 44.9 Å². The molecule has 1 aromatic rings. The number of benzene rings is 1. The number of hydrogen-bond donors (Lipinski definition) is 0. The van der Waals surface area contributed by atoms with Gasteiger partial charge in [-0.25, -0.2) is 0 Å². The molecule has 0 aromatic heterocycles. The Bertz CT molecular complexity index is 815. The van der Waals surface area contributed by atoms with Crippen molar-refractivity contribution in [2.24, 2.45) is 0 Å². The van der Waals surface area contributed by atoms with Gasteiger partial charge in [-0.1, -0.05) is 37.8 Å². The van der Waals surface area contributed by atoms with Gasteiger partial charge >= 0.3 is 6.18 Å². The molecule has 3 rings (SSSR count). The van der Waals surface area contributed by atoms with Crippen LogP contribution in [0, 0.1) is 0 Å². The minimum absolute atomic E-state index is 0.0709. The van der Waals surface area contributed by atoms with Gasteiger partial charge in [0, 0.05) is 26.1 Å². The third-order valence-corrected chi connectivity index (χ3v) is 6.90. The summed E-state index contributed by atoms with van der Waals surface area (Å²) < 4.78 is 44.9. The van der Waals surface area contributed by atoms with Crippen molar-refractivity contribution >= 4 is 11.8 Å². The Balaban J connectivity index is 1.89. The smallest absolute Gasteiger partial charge is 0.389 e. The van der Waals surface area contributed by atoms with E-state index in [4.69, 9.17) is 4.74 Å². The molecule has 0 N–H and O–H groups in total. The fourth-order valence-electron chi connectivity index (χ4n) is 5.04. The molecule has 2 atom stereocenters. The molecule has 1 saturated carbocycles. The number of hydrogen-bond acceptors (Lipinski definition) is 3. The second-order valence-electron chi connectivity index (χ2n) is 9.36. The standard InChI is InChI=1S/C26H37F3N2O3/c1-2-30-18-10-4-3-5-11-19-31(24(32)16-17-26(27,28)29)21-13-7-9-15-23(21)34-22-14-8-6-12-20(22)25(30)33/h6,8,12,14,21,23H,2-5,7,9-11,13,15-19H2,1H3/t21-,23+/m1/s1. The van der Waals surface area contributed by atoms with Crippen molar-refractivity contribution in [1.29, 1.82) is 0 Å². The highest BCUT2D eigenvalue weighted by molar-refractivity contribution is 5.97. The molecule has 2 amide bonds. The van der Waals surface area contributed by atoms with Crippen molar-refractivity contribution in [2.75, 3.05) is 19.6 Å². The highest BCUT2D eigenvalue weighted by Gasteiger charge is 2.36. The van der Waals surface area contributed by atoms with Crippen LogP contribution in [0.15, 0.2) is 24.3 Å². The van der Waals surface area contributed by atoms with Crippen LogP contribution in [-0.4, -0.2) is 59.6 Å². The average Bonchev–Trinajstić information content (AvgIpc) is 2.82. The molecule has 1 heterocycles. The lowest BCUT2D eigenvalue weighted by Gasteiger charge is -2.40. The van der Waals surface area contributed by atoms with Crippen LogP contribution in [0.3, 0.4) is 0 Å². The van der Waals surface area contributed by atoms with E-state index in [2.05, 4.69) is 0 Å². The first-order valence-electron chi connectivity index (χ1n) is 12.7. The molecule has 1 fully saturated rings. The molecule has 0 radical (unpaired) electrons. The second kappa shape index (κ2) is 12.5. The fourth-order valence-corrected chi connectivity index (χ4v) is 5.04. The lowest BCUT2D eigenvalue weighted by atomic mass is 9.90. The van der Waals surface area contributed by atoms with Crippen LogP contribution >= 0.6 is 0 Å². The maximum absolute atomic E-state index is 13.3. The lowest BCUT2D eigenvalue weighted by Crippen LogP contribution is -2.51. The van der Waals surface area contributed by atoms with Gasteiger partial charge in [0.05, 0.1) is 18.0 Å². The topological polar surface area (TPSA) is 49.9 Å². The summed E-state index contributed by atoms with van der Waals surface area (Å²) in [7, 11) is 0. The number of nitrogens with zero attached hydrogens (tertiary/aromatic N) is 2. The summed E-state index contributed by atoms with van der Waals surface area (Å²) in [6.45, 7) is 3.71. The van der Waals surface area contributed by atoms with E-state index < -0.39 is 24.9 Å². The number of amides is 2. The number of carbonyl (C=O) groups excluding carboxylic acids is 2. The van der Waals surface area contributed by atoms with Crippen LogP contribution in [-0.2, 0) is 4.79 Å². The Hall–Kier alpha value is -2.25. The van der Waals surface area contributed by atoms with Crippen LogP contribution in [0.25, 0.3) is 0 Å². The number of fused-ring (bicyclic) bond motifs is 2. The zero-order chi connectivity index (χ0) is 24.6. The highest BCUT2D eigenvalue weighted by Crippen LogP contribution is 2.31. The zero-order valence-electron chi connectivity index (χ0n) is 20.1. The Labute approximate surface area is 200 Å². The van der Waals surface area contributed by atoms with Crippen LogP contribution in [0.5, 0.6) is 5.75 Å². The first kappa shape index (κ1) is 26.4. The van der Waals surface area contributed by atoms with E-state index in [1.807, 2.05) is 24.0 Å². The van der Waals surface area contributed by atoms with Crippen molar-refractivity contribution in [3.63, 3.8) is 0 Å². The van der Waals surface area contributed by atoms with Gasteiger partial charge in [-0.05, 0) is 51.2 Å². The summed E-state index contributed by atoms with van der Waals surface area (Å²) in [6.07, 6.45) is 1.36. The summed E-state index contributed by atoms with van der Waals surface area (Å²) >= 11 is 0. The van der Waals surface area contributed by atoms with Crippen molar-refractivity contribution in [3.05, 3.63) is 29.8 Å². The number of carbonyl (C=O) groups is 2. The summed E-state index contributed by atoms with van der Waals surface area (Å²) in [5, 5.41) is 0. The third-order valence-electron chi connectivity index (χ3n) is 6.90. The van der Waals surface area contributed by atoms with Gasteiger partial charge in [-0.2, -0.15) is 13.2 Å². The van der Waals surface area contributed by atoms with E-state index >= 15 is 0 Å². The number of ether oxygens (including phenoxy) is 1. The first-order valence-corrected chi connectivity index (χ1v) is 12.7. The van der Waals surface area contributed by atoms with Crippen LogP contribution in [0.2, 0.25) is 0 Å². The first-order chi connectivity index (χ1) is 16.3. The minimum atomic E-state index is -4.36. The molecular weight excluding hydrogens is 445 g/mol. The number of alkyl halides is 3. The van der Waals surface area contributed by atoms with Gasteiger partial charge < -0.3 is 14.5 Å². The average molecular weight is 483 g/mol. The van der Waals surface area contributed by atoms with E-state index in [0.29, 0.717) is 43.8 Å². The van der Waals surface area contributed by atoms with Crippen molar-refractivity contribution in [1.82, 2.24) is 9.80 Å². The SMILES string of the molecule is CCN1CCCCCCCN(C(=O)CCC(F)(F)F)[C@@H]2CCCC[C@@H]2Oc2ccccc2C1=O. The van der Waals surface area contributed by atoms with Crippen molar-refractivity contribution < 1.29 is 27.5 Å². The van der Waals surface area contributed by atoms with Gasteiger partial charge in [0.1, 0.15) is 11.9 Å². The summed E-state index contributed by atoms with van der Waals surface area (Å²) in [5.74, 6) is -0.0393. The van der Waals surface area contributed by atoms with E-state index in [1.54, 1.807) is 17.0 Å². The molecule has 1 aliphatic heterocycles. The quantitative estimate of drug-likeness (QED) is 0.533. The highest BCUT2D eigenvalue weighted by atomic mass is 19.4. The molecule has 0 saturated heterocycles. The monoisotopic (exact) mass is 482 g/mol. The molecule has 1 aliphatic carbocycles. The number of rotatable bonds is 3. The van der Waals surface area contributed by atoms with E-state index in [-0.39, 0.29) is 18.1 Å². The Morgan fingerprint density at radius 1 is 1.00 bits per heavy atom. The summed E-state index contributed by atoms with van der Waals surface area (Å²) in [6, 6.07) is 6.89. The third kappa shape index (κ3) is 7.37. The predicted octanol–water partition coefficient (Wildman–Crippen LogP) is 5.97. The molecule has 1 aromatic carbocycles. The largest absolute Gasteiger partial charge is 0.487 e.